The molecular formula is C19H19BrN2O2. The van der Waals surface area contributed by atoms with Crippen LogP contribution in [0.5, 0.6) is 0 Å². The Hall–Kier alpha value is -2.14. The van der Waals surface area contributed by atoms with Crippen LogP contribution in [0.1, 0.15) is 29.2 Å². The fraction of sp³-hybridized carbons (Fsp3) is 0.263. The number of rotatable bonds is 3. The van der Waals surface area contributed by atoms with Crippen LogP contribution in [0.3, 0.4) is 0 Å². The minimum absolute atomic E-state index is 0.230. The van der Waals surface area contributed by atoms with E-state index in [0.717, 1.165) is 26.7 Å². The molecule has 1 aliphatic rings. The first-order chi connectivity index (χ1) is 11.3. The van der Waals surface area contributed by atoms with Crippen LogP contribution in [-0.4, -0.2) is 16.8 Å². The van der Waals surface area contributed by atoms with Crippen molar-refractivity contribution in [3.63, 3.8) is 0 Å². The molecule has 0 spiro atoms. The highest BCUT2D eigenvalue weighted by Crippen LogP contribution is 2.31. The van der Waals surface area contributed by atoms with Crippen LogP contribution in [0.4, 0.5) is 4.79 Å². The largest absolute Gasteiger partial charge is 0.325 e. The van der Waals surface area contributed by atoms with Crippen molar-refractivity contribution in [1.29, 1.82) is 0 Å². The molecule has 0 radical (unpaired) electrons. The van der Waals surface area contributed by atoms with Gasteiger partial charge < -0.3 is 5.32 Å². The fourth-order valence-corrected chi connectivity index (χ4v) is 3.38. The lowest BCUT2D eigenvalue weighted by Crippen LogP contribution is -2.40. The van der Waals surface area contributed by atoms with Gasteiger partial charge in [0.25, 0.3) is 5.91 Å². The number of benzene rings is 2. The van der Waals surface area contributed by atoms with Crippen LogP contribution in [0.2, 0.25) is 0 Å². The first-order valence-electron chi connectivity index (χ1n) is 7.77. The van der Waals surface area contributed by atoms with E-state index in [1.165, 1.54) is 4.90 Å². The number of nitrogens with zero attached hydrogens (tertiary/aromatic N) is 1. The SMILES string of the molecule is Cc1ccc(C)c(CN2C(=O)N[C@@](C)(c3cccc(Br)c3)C2=O)c1. The van der Waals surface area contributed by atoms with Crippen molar-refractivity contribution in [2.75, 3.05) is 0 Å². The Morgan fingerprint density at radius 2 is 1.88 bits per heavy atom. The molecule has 0 unspecified atom stereocenters. The topological polar surface area (TPSA) is 49.4 Å². The number of amides is 3. The number of aryl methyl sites for hydroxylation is 2. The Labute approximate surface area is 150 Å². The third-order valence-electron chi connectivity index (χ3n) is 4.51. The molecule has 5 heteroatoms. The number of nitrogens with one attached hydrogen (secondary N) is 1. The molecule has 1 fully saturated rings. The number of urea groups is 1. The second kappa shape index (κ2) is 6.06. The third kappa shape index (κ3) is 2.84. The number of carbonyl (C=O) groups is 2. The van der Waals surface area contributed by atoms with Crippen LogP contribution >= 0.6 is 15.9 Å². The van der Waals surface area contributed by atoms with Gasteiger partial charge in [0.1, 0.15) is 5.54 Å². The molecule has 0 aromatic heterocycles. The van der Waals surface area contributed by atoms with Gasteiger partial charge in [-0.15, -0.1) is 0 Å². The van der Waals surface area contributed by atoms with Crippen molar-refractivity contribution in [2.45, 2.75) is 32.9 Å². The van der Waals surface area contributed by atoms with Gasteiger partial charge in [0, 0.05) is 4.47 Å². The quantitative estimate of drug-likeness (QED) is 0.809. The van der Waals surface area contributed by atoms with E-state index in [1.54, 1.807) is 6.92 Å². The van der Waals surface area contributed by atoms with Crippen LogP contribution in [0.15, 0.2) is 46.9 Å². The van der Waals surface area contributed by atoms with E-state index in [9.17, 15) is 9.59 Å². The number of hydrogen-bond acceptors (Lipinski definition) is 2. The van der Waals surface area contributed by atoms with Crippen molar-refractivity contribution in [2.24, 2.45) is 0 Å². The van der Waals surface area contributed by atoms with Gasteiger partial charge in [-0.05, 0) is 49.6 Å². The number of hydrogen-bond donors (Lipinski definition) is 1. The second-order valence-electron chi connectivity index (χ2n) is 6.39. The lowest BCUT2D eigenvalue weighted by Gasteiger charge is -2.22. The van der Waals surface area contributed by atoms with Crippen LogP contribution in [-0.2, 0) is 16.9 Å². The summed E-state index contributed by atoms with van der Waals surface area (Å²) in [5.74, 6) is -0.230. The molecule has 1 N–H and O–H groups in total. The molecule has 1 saturated heterocycles. The minimum atomic E-state index is -1.04. The van der Waals surface area contributed by atoms with Gasteiger partial charge in [0.15, 0.2) is 0 Å². The fourth-order valence-electron chi connectivity index (χ4n) is 2.98. The number of halogens is 1. The van der Waals surface area contributed by atoms with Crippen molar-refractivity contribution in [1.82, 2.24) is 10.2 Å². The summed E-state index contributed by atoms with van der Waals surface area (Å²) in [7, 11) is 0. The van der Waals surface area contributed by atoms with Gasteiger partial charge in [-0.3, -0.25) is 9.69 Å². The Kier molecular flexibility index (Phi) is 4.22. The molecule has 124 valence electrons. The van der Waals surface area contributed by atoms with Gasteiger partial charge in [-0.1, -0.05) is 51.8 Å². The Morgan fingerprint density at radius 3 is 2.58 bits per heavy atom. The lowest BCUT2D eigenvalue weighted by molar-refractivity contribution is -0.131. The molecule has 2 aromatic rings. The zero-order valence-electron chi connectivity index (χ0n) is 13.9. The zero-order valence-corrected chi connectivity index (χ0v) is 15.5. The molecule has 1 heterocycles. The summed E-state index contributed by atoms with van der Waals surface area (Å²) in [5, 5.41) is 2.84. The van der Waals surface area contributed by atoms with Crippen LogP contribution in [0.25, 0.3) is 0 Å². The summed E-state index contributed by atoms with van der Waals surface area (Å²) < 4.78 is 0.872. The van der Waals surface area contributed by atoms with E-state index in [4.69, 9.17) is 0 Å². The first-order valence-corrected chi connectivity index (χ1v) is 8.57. The molecule has 0 saturated carbocycles. The Morgan fingerprint density at radius 1 is 1.12 bits per heavy atom. The average molecular weight is 387 g/mol. The highest BCUT2D eigenvalue weighted by molar-refractivity contribution is 9.10. The predicted octanol–water partition coefficient (Wildman–Crippen LogP) is 4.03. The van der Waals surface area contributed by atoms with Gasteiger partial charge in [-0.2, -0.15) is 0 Å². The molecule has 0 aliphatic carbocycles. The van der Waals surface area contributed by atoms with E-state index in [-0.39, 0.29) is 18.5 Å². The van der Waals surface area contributed by atoms with E-state index in [2.05, 4.69) is 21.2 Å². The number of imide groups is 1. The summed E-state index contributed by atoms with van der Waals surface area (Å²) in [5.41, 5.74) is 2.88. The zero-order chi connectivity index (χ0) is 17.5. The highest BCUT2D eigenvalue weighted by Gasteiger charge is 2.48. The highest BCUT2D eigenvalue weighted by atomic mass is 79.9. The predicted molar refractivity (Wildman–Crippen MR) is 96.5 cm³/mol. The summed E-state index contributed by atoms with van der Waals surface area (Å²) in [6, 6.07) is 13.2. The maximum absolute atomic E-state index is 13.0. The smallest absolute Gasteiger partial charge is 0.319 e. The monoisotopic (exact) mass is 386 g/mol. The molecule has 2 aromatic carbocycles. The summed E-state index contributed by atoms with van der Waals surface area (Å²) in [6.45, 7) is 6.01. The normalized spacial score (nSPS) is 20.4. The van der Waals surface area contributed by atoms with Gasteiger partial charge in [0.05, 0.1) is 6.54 Å². The number of carbonyl (C=O) groups excluding carboxylic acids is 2. The molecule has 24 heavy (non-hydrogen) atoms. The maximum atomic E-state index is 13.0. The van der Waals surface area contributed by atoms with Crippen LogP contribution in [0, 0.1) is 13.8 Å². The van der Waals surface area contributed by atoms with Crippen molar-refractivity contribution < 1.29 is 9.59 Å². The summed E-state index contributed by atoms with van der Waals surface area (Å²) in [6.07, 6.45) is 0. The van der Waals surface area contributed by atoms with E-state index < -0.39 is 5.54 Å². The van der Waals surface area contributed by atoms with Gasteiger partial charge >= 0.3 is 6.03 Å². The third-order valence-corrected chi connectivity index (χ3v) is 5.00. The molecule has 1 atom stereocenters. The molecule has 3 rings (SSSR count). The Balaban J connectivity index is 1.93. The van der Waals surface area contributed by atoms with Crippen LogP contribution < -0.4 is 5.32 Å². The lowest BCUT2D eigenvalue weighted by atomic mass is 9.92. The standard InChI is InChI=1S/C19H19BrN2O2/c1-12-7-8-13(2)14(9-12)11-22-17(23)19(3,21-18(22)24)15-5-4-6-16(20)10-15/h4-10H,11H2,1-3H3,(H,21,24)/t19-/m0/s1. The van der Waals surface area contributed by atoms with Gasteiger partial charge in [-0.25, -0.2) is 4.79 Å². The van der Waals surface area contributed by atoms with Crippen molar-refractivity contribution >= 4 is 27.9 Å². The average Bonchev–Trinajstić information content (AvgIpc) is 2.75. The molecule has 0 bridgehead atoms. The van der Waals surface area contributed by atoms with Crippen molar-refractivity contribution in [3.05, 3.63) is 69.2 Å². The Bertz CT molecular complexity index is 834. The van der Waals surface area contributed by atoms with Gasteiger partial charge in [0.2, 0.25) is 0 Å². The molecule has 4 nitrogen and oxygen atoms in total. The van der Waals surface area contributed by atoms with E-state index >= 15 is 0 Å². The summed E-state index contributed by atoms with van der Waals surface area (Å²) in [4.78, 5) is 26.7. The molecule has 3 amide bonds. The first kappa shape index (κ1) is 16.7. The van der Waals surface area contributed by atoms with E-state index in [1.807, 2.05) is 56.3 Å². The maximum Gasteiger partial charge on any atom is 0.325 e. The summed E-state index contributed by atoms with van der Waals surface area (Å²) >= 11 is 3.42. The molecular weight excluding hydrogens is 368 g/mol. The molecule has 1 aliphatic heterocycles. The second-order valence-corrected chi connectivity index (χ2v) is 7.30. The van der Waals surface area contributed by atoms with E-state index in [0.29, 0.717) is 0 Å². The van der Waals surface area contributed by atoms with Crippen molar-refractivity contribution in [3.8, 4) is 0 Å². The minimum Gasteiger partial charge on any atom is -0.319 e.